The zero-order valence-corrected chi connectivity index (χ0v) is 30.0. The van der Waals surface area contributed by atoms with Gasteiger partial charge in [0.1, 0.15) is 0 Å². The maximum atomic E-state index is 3.16. The fraction of sp³-hybridized carbons (Fsp3) is 0.696. The van der Waals surface area contributed by atoms with Crippen LogP contribution in [0.15, 0.2) is 83.2 Å². The first-order chi connectivity index (χ1) is 23.8. The van der Waals surface area contributed by atoms with Crippen LogP contribution in [-0.2, 0) is 0 Å². The van der Waals surface area contributed by atoms with Gasteiger partial charge in [-0.2, -0.15) is 0 Å². The van der Waals surface area contributed by atoms with Gasteiger partial charge in [0.05, 0.1) is 6.04 Å². The van der Waals surface area contributed by atoms with E-state index in [1.807, 2.05) is 11.1 Å². The summed E-state index contributed by atoms with van der Waals surface area (Å²) in [5.41, 5.74) is 7.45. The van der Waals surface area contributed by atoms with Crippen LogP contribution >= 0.6 is 0 Å². The number of nitrogens with zero attached hydrogens (tertiary/aromatic N) is 2. The van der Waals surface area contributed by atoms with Crippen LogP contribution in [0.3, 0.4) is 0 Å². The highest BCUT2D eigenvalue weighted by atomic mass is 15.2. The van der Waals surface area contributed by atoms with Crippen LogP contribution in [0.2, 0.25) is 0 Å². The summed E-state index contributed by atoms with van der Waals surface area (Å²) < 4.78 is 0. The fourth-order valence-electron chi connectivity index (χ4n) is 12.8. The minimum atomic E-state index is 0.639. The van der Waals surface area contributed by atoms with E-state index in [0.717, 1.165) is 53.8 Å². The summed E-state index contributed by atoms with van der Waals surface area (Å²) in [5, 5.41) is 0. The van der Waals surface area contributed by atoms with Crippen molar-refractivity contribution in [2.45, 2.75) is 171 Å². The van der Waals surface area contributed by atoms with Gasteiger partial charge in [-0.1, -0.05) is 71.9 Å². The molecular weight excluding hydrogens is 581 g/mol. The molecule has 258 valence electrons. The van der Waals surface area contributed by atoms with Gasteiger partial charge >= 0.3 is 0 Å². The van der Waals surface area contributed by atoms with Gasteiger partial charge in [0.15, 0.2) is 0 Å². The van der Waals surface area contributed by atoms with E-state index in [1.54, 1.807) is 11.3 Å². The lowest BCUT2D eigenvalue weighted by molar-refractivity contribution is 0.0663. The van der Waals surface area contributed by atoms with Crippen molar-refractivity contribution in [2.24, 2.45) is 29.6 Å². The minimum Gasteiger partial charge on any atom is -0.365 e. The van der Waals surface area contributed by atoms with Crippen LogP contribution in [0.25, 0.3) is 0 Å². The minimum absolute atomic E-state index is 0.639. The lowest BCUT2D eigenvalue weighted by atomic mass is 9.69. The predicted molar refractivity (Wildman–Crippen MR) is 201 cm³/mol. The number of hydrogen-bond acceptors (Lipinski definition) is 2. The van der Waals surface area contributed by atoms with E-state index < -0.39 is 0 Å². The third-order valence-corrected chi connectivity index (χ3v) is 15.1. The average molecular weight is 645 g/mol. The molecule has 7 unspecified atom stereocenters. The normalized spacial score (nSPS) is 41.1. The molecule has 0 radical (unpaired) electrons. The number of likely N-dealkylation sites (tertiary alicyclic amines) is 1. The molecule has 0 aromatic carbocycles. The van der Waals surface area contributed by atoms with Gasteiger partial charge in [0.2, 0.25) is 0 Å². The predicted octanol–water partition coefficient (Wildman–Crippen LogP) is 11.6. The van der Waals surface area contributed by atoms with E-state index >= 15 is 0 Å². The smallest absolute Gasteiger partial charge is 0.0539 e. The van der Waals surface area contributed by atoms with Crippen molar-refractivity contribution >= 4 is 0 Å². The Bertz CT molecular complexity index is 1390. The third-order valence-electron chi connectivity index (χ3n) is 15.1. The number of fused-ring (bicyclic) bond motifs is 4. The summed E-state index contributed by atoms with van der Waals surface area (Å²) in [4.78, 5) is 6.23. The molecule has 1 aliphatic heterocycles. The van der Waals surface area contributed by atoms with Crippen molar-refractivity contribution in [1.29, 1.82) is 0 Å². The SMILES string of the molecule is C1=CC([C@H]2C=CC(N(C3CC=C(C4CC=CCC4)CC3)[C@H]3CCC4=C(CCC5C4N(C4CC=CCC4)C4=CCCC[C@H]45)C3)CC2)CCC1. The van der Waals surface area contributed by atoms with E-state index in [9.17, 15) is 0 Å². The van der Waals surface area contributed by atoms with E-state index in [4.69, 9.17) is 0 Å². The van der Waals surface area contributed by atoms with Crippen molar-refractivity contribution < 1.29 is 0 Å². The fourth-order valence-corrected chi connectivity index (χ4v) is 12.8. The molecule has 0 aromatic heterocycles. The summed E-state index contributed by atoms with van der Waals surface area (Å²) in [7, 11) is 0. The molecule has 9 aliphatic rings. The van der Waals surface area contributed by atoms with E-state index in [1.165, 1.54) is 141 Å². The Labute approximate surface area is 293 Å². The molecular formula is C46H64N2. The molecule has 8 aliphatic carbocycles. The molecule has 2 heteroatoms. The Morgan fingerprint density at radius 1 is 0.604 bits per heavy atom. The van der Waals surface area contributed by atoms with E-state index in [2.05, 4.69) is 70.6 Å². The van der Waals surface area contributed by atoms with Gasteiger partial charge in [0, 0.05) is 35.8 Å². The van der Waals surface area contributed by atoms with E-state index in [-0.39, 0.29) is 0 Å². The van der Waals surface area contributed by atoms with Gasteiger partial charge in [-0.25, -0.2) is 0 Å². The molecule has 9 rings (SSSR count). The molecule has 48 heavy (non-hydrogen) atoms. The molecule has 0 spiro atoms. The van der Waals surface area contributed by atoms with E-state index in [0.29, 0.717) is 6.04 Å². The van der Waals surface area contributed by atoms with Gasteiger partial charge < -0.3 is 4.90 Å². The van der Waals surface area contributed by atoms with Crippen LogP contribution < -0.4 is 0 Å². The van der Waals surface area contributed by atoms with Crippen molar-refractivity contribution in [1.82, 2.24) is 9.80 Å². The molecule has 1 heterocycles. The molecule has 1 fully saturated rings. The highest BCUT2D eigenvalue weighted by Crippen LogP contribution is 2.55. The number of allylic oxidation sites excluding steroid dienone is 9. The Morgan fingerprint density at radius 3 is 2.25 bits per heavy atom. The van der Waals surface area contributed by atoms with Crippen molar-refractivity contribution in [2.75, 3.05) is 0 Å². The van der Waals surface area contributed by atoms with Gasteiger partial charge in [-0.05, 0) is 171 Å². The maximum absolute atomic E-state index is 3.16. The second-order valence-electron chi connectivity index (χ2n) is 17.5. The van der Waals surface area contributed by atoms with Gasteiger partial charge in [0.25, 0.3) is 0 Å². The van der Waals surface area contributed by atoms with Crippen molar-refractivity contribution in [3.8, 4) is 0 Å². The second-order valence-corrected chi connectivity index (χ2v) is 17.5. The first-order valence-electron chi connectivity index (χ1n) is 21.1. The number of hydrogen-bond donors (Lipinski definition) is 0. The Balaban J connectivity index is 0.983. The standard InChI is InChI=1S/C46H64N2/c1-4-12-33(13-5-1)35-20-25-39(26-21-35)47(40-27-22-36(23-28-40)34-14-6-2-7-15-34)41-29-31-42-37(32-41)24-30-44-43-18-10-11-19-45(43)48(46(42)44)38-16-8-3-9-17-38/h1,3-4,6,8,14,19-20,22,27,33-34,36,38-41,43-44,46H,2,5,7,9-13,15-18,21,23-26,28-32H2/t33?,34?,36-,38?,39?,40?,41-,43-,44?,46?/m0/s1. The first kappa shape index (κ1) is 31.9. The Morgan fingerprint density at radius 2 is 1.48 bits per heavy atom. The second kappa shape index (κ2) is 14.3. The lowest BCUT2D eigenvalue weighted by Crippen LogP contribution is -2.52. The van der Waals surface area contributed by atoms with Gasteiger partial charge in [-0.15, -0.1) is 0 Å². The van der Waals surface area contributed by atoms with Crippen LogP contribution in [0.1, 0.15) is 141 Å². The monoisotopic (exact) mass is 645 g/mol. The zero-order valence-electron chi connectivity index (χ0n) is 30.0. The zero-order chi connectivity index (χ0) is 31.9. The Hall–Kier alpha value is -2.06. The number of rotatable bonds is 6. The molecule has 0 amide bonds. The quantitative estimate of drug-likeness (QED) is 0.266. The first-order valence-corrected chi connectivity index (χ1v) is 21.1. The molecule has 2 nitrogen and oxygen atoms in total. The summed E-state index contributed by atoms with van der Waals surface area (Å²) in [6.07, 6.45) is 55.6. The highest BCUT2D eigenvalue weighted by molar-refractivity contribution is 5.36. The van der Waals surface area contributed by atoms with Crippen LogP contribution in [0.4, 0.5) is 0 Å². The van der Waals surface area contributed by atoms with Crippen LogP contribution in [-0.4, -0.2) is 40.0 Å². The topological polar surface area (TPSA) is 6.48 Å². The lowest BCUT2D eigenvalue weighted by Gasteiger charge is -2.49. The molecule has 0 saturated carbocycles. The van der Waals surface area contributed by atoms with Crippen LogP contribution in [0, 0.1) is 29.6 Å². The molecule has 0 N–H and O–H groups in total. The molecule has 0 bridgehead atoms. The summed E-state index contributed by atoms with van der Waals surface area (Å²) >= 11 is 0. The van der Waals surface area contributed by atoms with Crippen molar-refractivity contribution in [3.05, 3.63) is 83.2 Å². The largest absolute Gasteiger partial charge is 0.365 e. The van der Waals surface area contributed by atoms with Gasteiger partial charge in [-0.3, -0.25) is 4.90 Å². The highest BCUT2D eigenvalue weighted by Gasteiger charge is 2.51. The average Bonchev–Trinajstić information content (AvgIpc) is 3.51. The molecule has 0 aromatic rings. The molecule has 10 atom stereocenters. The summed E-state index contributed by atoms with van der Waals surface area (Å²) in [6.45, 7) is 0. The Kier molecular flexibility index (Phi) is 9.49. The van der Waals surface area contributed by atoms with Crippen LogP contribution in [0.5, 0.6) is 0 Å². The van der Waals surface area contributed by atoms with Crippen molar-refractivity contribution in [3.63, 3.8) is 0 Å². The maximum Gasteiger partial charge on any atom is 0.0539 e. The summed E-state index contributed by atoms with van der Waals surface area (Å²) in [5.74, 6) is 4.12. The molecule has 1 saturated heterocycles. The third kappa shape index (κ3) is 6.13. The summed E-state index contributed by atoms with van der Waals surface area (Å²) in [6, 6.07) is 3.55.